The van der Waals surface area contributed by atoms with Crippen LogP contribution in [-0.4, -0.2) is 11.1 Å². The van der Waals surface area contributed by atoms with Crippen molar-refractivity contribution in [1.82, 2.24) is 4.98 Å². The summed E-state index contributed by atoms with van der Waals surface area (Å²) in [5, 5.41) is 2.57. The van der Waals surface area contributed by atoms with Crippen LogP contribution in [0.3, 0.4) is 0 Å². The lowest BCUT2D eigenvalue weighted by Gasteiger charge is -2.07. The fourth-order valence-corrected chi connectivity index (χ4v) is 2.04. The number of halogens is 1. The summed E-state index contributed by atoms with van der Waals surface area (Å²) in [6, 6.07) is 18.4. The Morgan fingerprint density at radius 2 is 1.70 bits per heavy atom. The highest BCUT2D eigenvalue weighted by Gasteiger charge is 2.08. The Hall–Kier alpha value is -3.21. The molecule has 0 bridgehead atoms. The number of anilines is 1. The van der Waals surface area contributed by atoms with Crippen LogP contribution < -0.4 is 10.1 Å². The summed E-state index contributed by atoms with van der Waals surface area (Å²) in [7, 11) is 0. The summed E-state index contributed by atoms with van der Waals surface area (Å²) in [4.78, 5) is 15.9. The van der Waals surface area contributed by atoms with E-state index < -0.39 is 6.09 Å². The van der Waals surface area contributed by atoms with Gasteiger partial charge in [-0.05, 0) is 36.4 Å². The van der Waals surface area contributed by atoms with Crippen molar-refractivity contribution in [2.24, 2.45) is 0 Å². The standard InChI is InChI=1S/C18H13FN2O2/c19-16-9-5-4-8-15(16)17-11-10-13(12-20-17)21-18(22)23-14-6-2-1-3-7-14/h1-12H,(H,21,22). The molecular weight excluding hydrogens is 295 g/mol. The lowest BCUT2D eigenvalue weighted by molar-refractivity contribution is 0.215. The molecule has 114 valence electrons. The Balaban J connectivity index is 1.68. The molecule has 0 fully saturated rings. The van der Waals surface area contributed by atoms with Gasteiger partial charge in [-0.3, -0.25) is 10.3 Å². The monoisotopic (exact) mass is 308 g/mol. The van der Waals surface area contributed by atoms with Crippen LogP contribution in [-0.2, 0) is 0 Å². The van der Waals surface area contributed by atoms with Crippen molar-refractivity contribution in [3.63, 3.8) is 0 Å². The molecule has 3 aromatic rings. The van der Waals surface area contributed by atoms with Crippen LogP contribution in [0.2, 0.25) is 0 Å². The van der Waals surface area contributed by atoms with Gasteiger partial charge in [0.2, 0.25) is 0 Å². The number of benzene rings is 2. The second kappa shape index (κ2) is 6.70. The number of pyridine rings is 1. The van der Waals surface area contributed by atoms with Crippen LogP contribution in [0, 0.1) is 5.82 Å². The smallest absolute Gasteiger partial charge is 0.410 e. The number of ether oxygens (including phenoxy) is 1. The molecule has 1 aromatic heterocycles. The van der Waals surface area contributed by atoms with Gasteiger partial charge in [-0.15, -0.1) is 0 Å². The molecule has 0 atom stereocenters. The van der Waals surface area contributed by atoms with Crippen LogP contribution >= 0.6 is 0 Å². The Morgan fingerprint density at radius 1 is 0.957 bits per heavy atom. The number of amides is 1. The normalized spacial score (nSPS) is 10.1. The number of nitrogens with one attached hydrogen (secondary N) is 1. The highest BCUT2D eigenvalue weighted by atomic mass is 19.1. The second-order valence-corrected chi connectivity index (χ2v) is 4.74. The van der Waals surface area contributed by atoms with Gasteiger partial charge >= 0.3 is 6.09 Å². The van der Waals surface area contributed by atoms with E-state index in [-0.39, 0.29) is 5.82 Å². The van der Waals surface area contributed by atoms with Crippen molar-refractivity contribution in [2.45, 2.75) is 0 Å². The van der Waals surface area contributed by atoms with Gasteiger partial charge in [-0.25, -0.2) is 9.18 Å². The SMILES string of the molecule is O=C(Nc1ccc(-c2ccccc2F)nc1)Oc1ccccc1. The lowest BCUT2D eigenvalue weighted by atomic mass is 10.1. The van der Waals surface area contributed by atoms with Crippen LogP contribution in [0.5, 0.6) is 5.75 Å². The number of aromatic nitrogens is 1. The van der Waals surface area contributed by atoms with Crippen LogP contribution in [0.25, 0.3) is 11.3 Å². The summed E-state index contributed by atoms with van der Waals surface area (Å²) in [6.07, 6.45) is 0.838. The highest BCUT2D eigenvalue weighted by molar-refractivity contribution is 5.86. The summed E-state index contributed by atoms with van der Waals surface area (Å²) >= 11 is 0. The third-order valence-corrected chi connectivity index (χ3v) is 3.11. The van der Waals surface area contributed by atoms with Crippen LogP contribution in [0.4, 0.5) is 14.9 Å². The van der Waals surface area contributed by atoms with Crippen molar-refractivity contribution in [3.05, 3.63) is 78.7 Å². The summed E-state index contributed by atoms with van der Waals surface area (Å²) in [5.41, 5.74) is 1.36. The molecule has 0 aliphatic rings. The van der Waals surface area contributed by atoms with Gasteiger partial charge in [0.1, 0.15) is 11.6 Å². The minimum Gasteiger partial charge on any atom is -0.410 e. The van der Waals surface area contributed by atoms with Crippen molar-refractivity contribution in [1.29, 1.82) is 0 Å². The quantitative estimate of drug-likeness (QED) is 0.775. The Bertz CT molecular complexity index is 805. The number of para-hydroxylation sites is 1. The highest BCUT2D eigenvalue weighted by Crippen LogP contribution is 2.21. The minimum absolute atomic E-state index is 0.343. The lowest BCUT2D eigenvalue weighted by Crippen LogP contribution is -2.16. The fraction of sp³-hybridized carbons (Fsp3) is 0. The summed E-state index contributed by atoms with van der Waals surface area (Å²) < 4.78 is 18.8. The molecule has 2 aromatic carbocycles. The van der Waals surface area contributed by atoms with Gasteiger partial charge in [-0.1, -0.05) is 30.3 Å². The molecule has 1 N–H and O–H groups in total. The van der Waals surface area contributed by atoms with Gasteiger partial charge in [0.15, 0.2) is 0 Å². The maximum Gasteiger partial charge on any atom is 0.417 e. The van der Waals surface area contributed by atoms with Crippen molar-refractivity contribution < 1.29 is 13.9 Å². The molecule has 0 unspecified atom stereocenters. The first-order valence-corrected chi connectivity index (χ1v) is 6.97. The van der Waals surface area contributed by atoms with E-state index in [0.29, 0.717) is 22.7 Å². The Morgan fingerprint density at radius 3 is 2.39 bits per heavy atom. The average molecular weight is 308 g/mol. The zero-order valence-corrected chi connectivity index (χ0v) is 12.1. The van der Waals surface area contributed by atoms with E-state index in [1.165, 1.54) is 12.3 Å². The molecule has 0 radical (unpaired) electrons. The molecule has 0 spiro atoms. The molecule has 0 saturated carbocycles. The third kappa shape index (κ3) is 3.71. The topological polar surface area (TPSA) is 51.2 Å². The zero-order chi connectivity index (χ0) is 16.1. The van der Waals surface area contributed by atoms with E-state index in [1.807, 2.05) is 6.07 Å². The Labute approximate surface area is 132 Å². The molecule has 5 heteroatoms. The first-order chi connectivity index (χ1) is 11.2. The maximum absolute atomic E-state index is 13.7. The van der Waals surface area contributed by atoms with E-state index in [0.717, 1.165) is 0 Å². The van der Waals surface area contributed by atoms with Crippen molar-refractivity contribution >= 4 is 11.8 Å². The number of carbonyl (C=O) groups excluding carboxylic acids is 1. The van der Waals surface area contributed by atoms with Gasteiger partial charge in [0.05, 0.1) is 17.6 Å². The van der Waals surface area contributed by atoms with Crippen LogP contribution in [0.15, 0.2) is 72.9 Å². The van der Waals surface area contributed by atoms with Gasteiger partial charge in [0, 0.05) is 5.56 Å². The minimum atomic E-state index is -0.614. The first kappa shape index (κ1) is 14.7. The van der Waals surface area contributed by atoms with Crippen molar-refractivity contribution in [2.75, 3.05) is 5.32 Å². The molecule has 4 nitrogen and oxygen atoms in total. The van der Waals surface area contributed by atoms with E-state index >= 15 is 0 Å². The number of nitrogens with zero attached hydrogens (tertiary/aromatic N) is 1. The van der Waals surface area contributed by atoms with E-state index in [4.69, 9.17) is 4.74 Å². The molecule has 1 amide bonds. The van der Waals surface area contributed by atoms with Crippen molar-refractivity contribution in [3.8, 4) is 17.0 Å². The average Bonchev–Trinajstić information content (AvgIpc) is 2.57. The molecule has 0 aliphatic heterocycles. The number of rotatable bonds is 3. The predicted octanol–water partition coefficient (Wildman–Crippen LogP) is 4.50. The van der Waals surface area contributed by atoms with Gasteiger partial charge in [-0.2, -0.15) is 0 Å². The van der Waals surface area contributed by atoms with Gasteiger partial charge < -0.3 is 4.74 Å². The Kier molecular flexibility index (Phi) is 4.29. The predicted molar refractivity (Wildman–Crippen MR) is 85.7 cm³/mol. The second-order valence-electron chi connectivity index (χ2n) is 4.74. The third-order valence-electron chi connectivity index (χ3n) is 3.11. The first-order valence-electron chi connectivity index (χ1n) is 6.97. The molecule has 0 aliphatic carbocycles. The number of hydrogen-bond donors (Lipinski definition) is 1. The molecule has 0 saturated heterocycles. The largest absolute Gasteiger partial charge is 0.417 e. The van der Waals surface area contributed by atoms with E-state index in [9.17, 15) is 9.18 Å². The number of hydrogen-bond acceptors (Lipinski definition) is 3. The van der Waals surface area contributed by atoms with Gasteiger partial charge in [0.25, 0.3) is 0 Å². The van der Waals surface area contributed by atoms with Crippen LogP contribution in [0.1, 0.15) is 0 Å². The summed E-state index contributed by atoms with van der Waals surface area (Å²) in [6.45, 7) is 0. The molecular formula is C18H13FN2O2. The maximum atomic E-state index is 13.7. The molecule has 23 heavy (non-hydrogen) atoms. The number of carbonyl (C=O) groups is 1. The van der Waals surface area contributed by atoms with E-state index in [1.54, 1.807) is 54.6 Å². The van der Waals surface area contributed by atoms with E-state index in [2.05, 4.69) is 10.3 Å². The zero-order valence-electron chi connectivity index (χ0n) is 12.1. The molecule has 3 rings (SSSR count). The summed E-state index contributed by atoms with van der Waals surface area (Å²) in [5.74, 6) is 0.102. The molecule has 1 heterocycles. The fourth-order valence-electron chi connectivity index (χ4n) is 2.04.